The molecule has 0 aromatic heterocycles. The molecule has 0 saturated heterocycles. The van der Waals surface area contributed by atoms with E-state index in [2.05, 4.69) is 90.9 Å². The summed E-state index contributed by atoms with van der Waals surface area (Å²) in [5.74, 6) is 0. The van der Waals surface area contributed by atoms with Gasteiger partial charge in [-0.3, -0.25) is 0 Å². The molecule has 0 heteroatoms. The Morgan fingerprint density at radius 2 is 0.920 bits per heavy atom. The van der Waals surface area contributed by atoms with Crippen molar-refractivity contribution in [3.63, 3.8) is 0 Å². The van der Waals surface area contributed by atoms with Crippen molar-refractivity contribution in [3.05, 3.63) is 81.4 Å². The van der Waals surface area contributed by atoms with Gasteiger partial charge in [-0.1, -0.05) is 42.5 Å². The maximum absolute atomic E-state index is 2.29. The lowest BCUT2D eigenvalue weighted by Crippen LogP contribution is -2.02. The molecule has 3 rings (SSSR count). The first-order valence-electron chi connectivity index (χ1n) is 9.07. The molecule has 0 unspecified atom stereocenters. The Bertz CT molecular complexity index is 938. The van der Waals surface area contributed by atoms with Crippen LogP contribution in [-0.2, 0) is 0 Å². The van der Waals surface area contributed by atoms with Crippen molar-refractivity contribution < 1.29 is 0 Å². The summed E-state index contributed by atoms with van der Waals surface area (Å²) in [6.45, 7) is 15.8. The molecule has 25 heavy (non-hydrogen) atoms. The maximum atomic E-state index is 2.29. The summed E-state index contributed by atoms with van der Waals surface area (Å²) < 4.78 is 0. The molecule has 0 aliphatic heterocycles. The van der Waals surface area contributed by atoms with Gasteiger partial charge in [-0.2, -0.15) is 0 Å². The Labute approximate surface area is 152 Å². The zero-order chi connectivity index (χ0) is 18.3. The van der Waals surface area contributed by atoms with E-state index in [1.807, 2.05) is 0 Å². The second-order valence-electron chi connectivity index (χ2n) is 7.33. The summed E-state index contributed by atoms with van der Waals surface area (Å²) in [5.41, 5.74) is 15.2. The highest BCUT2D eigenvalue weighted by Gasteiger charge is 2.20. The van der Waals surface area contributed by atoms with Crippen molar-refractivity contribution >= 4 is 0 Å². The topological polar surface area (TPSA) is 0 Å². The summed E-state index contributed by atoms with van der Waals surface area (Å²) in [6, 6.07) is 15.3. The molecule has 0 heterocycles. The van der Waals surface area contributed by atoms with E-state index in [0.717, 1.165) is 0 Å². The first-order chi connectivity index (χ1) is 11.8. The Morgan fingerprint density at radius 3 is 1.52 bits per heavy atom. The van der Waals surface area contributed by atoms with Gasteiger partial charge in [0.15, 0.2) is 0 Å². The van der Waals surface area contributed by atoms with Gasteiger partial charge in [0.25, 0.3) is 0 Å². The molecule has 3 aromatic rings. The Balaban J connectivity index is 2.46. The van der Waals surface area contributed by atoms with Gasteiger partial charge in [0.2, 0.25) is 0 Å². The first kappa shape index (κ1) is 17.5. The van der Waals surface area contributed by atoms with E-state index in [1.54, 1.807) is 0 Å². The third-order valence-corrected chi connectivity index (χ3v) is 5.77. The van der Waals surface area contributed by atoms with Crippen LogP contribution in [0.5, 0.6) is 0 Å². The van der Waals surface area contributed by atoms with Gasteiger partial charge in [0.05, 0.1) is 0 Å². The van der Waals surface area contributed by atoms with Crippen LogP contribution >= 0.6 is 0 Å². The molecular formula is C25H28. The van der Waals surface area contributed by atoms with Gasteiger partial charge < -0.3 is 0 Å². The highest BCUT2D eigenvalue weighted by atomic mass is 14.2. The van der Waals surface area contributed by atoms with Gasteiger partial charge in [-0.05, 0) is 110 Å². The molecule has 0 saturated carbocycles. The fourth-order valence-corrected chi connectivity index (χ4v) is 4.18. The highest BCUT2D eigenvalue weighted by Crippen LogP contribution is 2.42. The molecule has 0 spiro atoms. The van der Waals surface area contributed by atoms with Gasteiger partial charge >= 0.3 is 0 Å². The average molecular weight is 328 g/mol. The lowest BCUT2D eigenvalue weighted by atomic mass is 9.80. The van der Waals surface area contributed by atoms with Crippen molar-refractivity contribution in [1.82, 2.24) is 0 Å². The summed E-state index contributed by atoms with van der Waals surface area (Å²) in [5, 5.41) is 0. The summed E-state index contributed by atoms with van der Waals surface area (Å²) in [7, 11) is 0. The smallest absolute Gasteiger partial charge is 0.0111 e. The van der Waals surface area contributed by atoms with E-state index < -0.39 is 0 Å². The minimum absolute atomic E-state index is 1.34. The molecule has 0 fully saturated rings. The highest BCUT2D eigenvalue weighted by molar-refractivity contribution is 5.87. The standard InChI is InChI=1S/C25H28/c1-15-11-8-9-14-22(15)24-19(5)18(4)20(6)25(21(24)7)23-16(2)12-10-13-17(23)3/h8-14H,1-7H3. The van der Waals surface area contributed by atoms with Crippen LogP contribution in [0.15, 0.2) is 42.5 Å². The van der Waals surface area contributed by atoms with Gasteiger partial charge in [-0.25, -0.2) is 0 Å². The Hall–Kier alpha value is -2.34. The van der Waals surface area contributed by atoms with Crippen LogP contribution in [0.25, 0.3) is 22.3 Å². The van der Waals surface area contributed by atoms with Crippen molar-refractivity contribution in [2.24, 2.45) is 0 Å². The number of hydrogen-bond donors (Lipinski definition) is 0. The molecule has 0 radical (unpaired) electrons. The minimum Gasteiger partial charge on any atom is -0.0620 e. The van der Waals surface area contributed by atoms with Crippen LogP contribution < -0.4 is 0 Å². The SMILES string of the molecule is Cc1ccccc1-c1c(C)c(C)c(C)c(-c2c(C)cccc2C)c1C. The molecular weight excluding hydrogens is 300 g/mol. The monoisotopic (exact) mass is 328 g/mol. The normalized spacial score (nSPS) is 11.0. The van der Waals surface area contributed by atoms with E-state index in [0.29, 0.717) is 0 Å². The van der Waals surface area contributed by atoms with Crippen LogP contribution in [0.1, 0.15) is 38.9 Å². The predicted octanol–water partition coefficient (Wildman–Crippen LogP) is 7.18. The molecule has 0 N–H and O–H groups in total. The van der Waals surface area contributed by atoms with Crippen LogP contribution in [0.2, 0.25) is 0 Å². The van der Waals surface area contributed by atoms with E-state index in [1.165, 1.54) is 61.2 Å². The lowest BCUT2D eigenvalue weighted by Gasteiger charge is -2.24. The largest absolute Gasteiger partial charge is 0.0620 e. The number of benzene rings is 3. The van der Waals surface area contributed by atoms with E-state index >= 15 is 0 Å². The molecule has 128 valence electrons. The number of rotatable bonds is 2. The fourth-order valence-electron chi connectivity index (χ4n) is 4.18. The third-order valence-electron chi connectivity index (χ3n) is 5.77. The lowest BCUT2D eigenvalue weighted by molar-refractivity contribution is 1.22. The molecule has 3 aromatic carbocycles. The minimum atomic E-state index is 1.34. The second kappa shape index (κ2) is 6.52. The summed E-state index contributed by atoms with van der Waals surface area (Å²) in [6.07, 6.45) is 0. The van der Waals surface area contributed by atoms with Crippen LogP contribution in [0.3, 0.4) is 0 Å². The van der Waals surface area contributed by atoms with Crippen LogP contribution in [0.4, 0.5) is 0 Å². The van der Waals surface area contributed by atoms with E-state index in [4.69, 9.17) is 0 Å². The van der Waals surface area contributed by atoms with Gasteiger partial charge in [0, 0.05) is 0 Å². The van der Waals surface area contributed by atoms with Crippen molar-refractivity contribution in [1.29, 1.82) is 0 Å². The molecule has 0 atom stereocenters. The average Bonchev–Trinajstić information content (AvgIpc) is 2.57. The maximum Gasteiger partial charge on any atom is -0.0111 e. The molecule has 0 nitrogen and oxygen atoms in total. The van der Waals surface area contributed by atoms with E-state index in [9.17, 15) is 0 Å². The van der Waals surface area contributed by atoms with Crippen molar-refractivity contribution in [2.75, 3.05) is 0 Å². The molecule has 0 bridgehead atoms. The van der Waals surface area contributed by atoms with Crippen LogP contribution in [0, 0.1) is 48.5 Å². The molecule has 0 aliphatic carbocycles. The summed E-state index contributed by atoms with van der Waals surface area (Å²) >= 11 is 0. The quantitative estimate of drug-likeness (QED) is 0.467. The van der Waals surface area contributed by atoms with Crippen LogP contribution in [-0.4, -0.2) is 0 Å². The number of aryl methyl sites for hydroxylation is 3. The van der Waals surface area contributed by atoms with Gasteiger partial charge in [0.1, 0.15) is 0 Å². The summed E-state index contributed by atoms with van der Waals surface area (Å²) in [4.78, 5) is 0. The second-order valence-corrected chi connectivity index (χ2v) is 7.33. The zero-order valence-electron chi connectivity index (χ0n) is 16.5. The number of hydrogen-bond acceptors (Lipinski definition) is 0. The fraction of sp³-hybridized carbons (Fsp3) is 0.280. The van der Waals surface area contributed by atoms with Gasteiger partial charge in [-0.15, -0.1) is 0 Å². The van der Waals surface area contributed by atoms with Crippen molar-refractivity contribution in [3.8, 4) is 22.3 Å². The predicted molar refractivity (Wildman–Crippen MR) is 110 cm³/mol. The first-order valence-corrected chi connectivity index (χ1v) is 9.07. The Morgan fingerprint density at radius 1 is 0.400 bits per heavy atom. The van der Waals surface area contributed by atoms with Crippen molar-refractivity contribution in [2.45, 2.75) is 48.5 Å². The molecule has 0 amide bonds. The third kappa shape index (κ3) is 2.80. The van der Waals surface area contributed by atoms with E-state index in [-0.39, 0.29) is 0 Å². The zero-order valence-corrected chi connectivity index (χ0v) is 16.5. The Kier molecular flexibility index (Phi) is 4.56. The molecule has 0 aliphatic rings.